The minimum absolute atomic E-state index is 0.275. The lowest BCUT2D eigenvalue weighted by Crippen LogP contribution is -2.12. The van der Waals surface area contributed by atoms with Crippen LogP contribution in [0.1, 0.15) is 6.92 Å². The van der Waals surface area contributed by atoms with Gasteiger partial charge in [-0.2, -0.15) is 5.10 Å². The van der Waals surface area contributed by atoms with Crippen LogP contribution in [-0.2, 0) is 0 Å². The molecule has 0 spiro atoms. The number of hydrogen-bond donors (Lipinski definition) is 2. The minimum Gasteiger partial charge on any atom is -0.377 e. The SMILES string of the molecule is C=CC(C)SC(N)=NN. The maximum atomic E-state index is 5.29. The molecule has 4 heteroatoms. The van der Waals surface area contributed by atoms with Gasteiger partial charge in [-0.3, -0.25) is 0 Å². The van der Waals surface area contributed by atoms with Crippen LogP contribution in [0.5, 0.6) is 0 Å². The fourth-order valence-corrected chi connectivity index (χ4v) is 0.807. The second-order valence-electron chi connectivity index (χ2n) is 1.53. The summed E-state index contributed by atoms with van der Waals surface area (Å²) >= 11 is 1.38. The van der Waals surface area contributed by atoms with E-state index in [-0.39, 0.29) is 5.25 Å². The zero-order valence-electron chi connectivity index (χ0n) is 5.37. The zero-order chi connectivity index (χ0) is 7.28. The molecule has 0 amide bonds. The highest BCUT2D eigenvalue weighted by Gasteiger charge is 1.97. The molecule has 9 heavy (non-hydrogen) atoms. The quantitative estimate of drug-likeness (QED) is 0.195. The van der Waals surface area contributed by atoms with Crippen LogP contribution in [0.25, 0.3) is 0 Å². The summed E-state index contributed by atoms with van der Waals surface area (Å²) in [5, 5.41) is 3.95. The Bertz CT molecular complexity index is 121. The van der Waals surface area contributed by atoms with Gasteiger partial charge in [0.15, 0.2) is 5.17 Å². The summed E-state index contributed by atoms with van der Waals surface area (Å²) in [6, 6.07) is 0. The summed E-state index contributed by atoms with van der Waals surface area (Å²) in [7, 11) is 0. The molecule has 52 valence electrons. The Balaban J connectivity index is 3.59. The fraction of sp³-hybridized carbons (Fsp3) is 0.400. The van der Waals surface area contributed by atoms with Crippen molar-refractivity contribution in [2.24, 2.45) is 16.7 Å². The molecule has 0 aliphatic carbocycles. The Morgan fingerprint density at radius 1 is 1.89 bits per heavy atom. The van der Waals surface area contributed by atoms with Crippen molar-refractivity contribution < 1.29 is 0 Å². The van der Waals surface area contributed by atoms with Crippen LogP contribution in [0.4, 0.5) is 0 Å². The van der Waals surface area contributed by atoms with Gasteiger partial charge < -0.3 is 11.6 Å². The fourth-order valence-electron chi connectivity index (χ4n) is 0.269. The van der Waals surface area contributed by atoms with E-state index in [2.05, 4.69) is 11.7 Å². The van der Waals surface area contributed by atoms with E-state index in [0.29, 0.717) is 5.17 Å². The van der Waals surface area contributed by atoms with Crippen molar-refractivity contribution in [2.75, 3.05) is 0 Å². The molecule has 0 aromatic rings. The van der Waals surface area contributed by atoms with Crippen molar-refractivity contribution in [3.8, 4) is 0 Å². The standard InChI is InChI=1S/C5H11N3S/c1-3-4(2)9-5(6)8-7/h3-4H,1,7H2,2H3,(H2,6,8). The first-order valence-corrected chi connectivity index (χ1v) is 3.41. The number of amidine groups is 1. The molecular weight excluding hydrogens is 134 g/mol. The Morgan fingerprint density at radius 3 is 2.78 bits per heavy atom. The van der Waals surface area contributed by atoms with Crippen LogP contribution in [0, 0.1) is 0 Å². The lowest BCUT2D eigenvalue weighted by molar-refractivity contribution is 1.23. The molecule has 0 aliphatic rings. The molecule has 3 nitrogen and oxygen atoms in total. The van der Waals surface area contributed by atoms with Crippen LogP contribution >= 0.6 is 11.8 Å². The van der Waals surface area contributed by atoms with Gasteiger partial charge in [-0.1, -0.05) is 17.8 Å². The number of rotatable bonds is 2. The predicted octanol–water partition coefficient (Wildman–Crippen LogP) is 0.483. The molecule has 0 saturated heterocycles. The second-order valence-corrected chi connectivity index (χ2v) is 2.92. The Kier molecular flexibility index (Phi) is 3.96. The van der Waals surface area contributed by atoms with Crippen LogP contribution in [0.15, 0.2) is 17.8 Å². The molecular formula is C5H11N3S. The van der Waals surface area contributed by atoms with E-state index < -0.39 is 0 Å². The van der Waals surface area contributed by atoms with Crippen LogP contribution < -0.4 is 11.6 Å². The maximum absolute atomic E-state index is 5.29. The summed E-state index contributed by atoms with van der Waals surface area (Å²) in [6.45, 7) is 5.54. The van der Waals surface area contributed by atoms with Gasteiger partial charge in [-0.25, -0.2) is 0 Å². The Hall–Kier alpha value is -0.640. The van der Waals surface area contributed by atoms with Crippen molar-refractivity contribution in [3.63, 3.8) is 0 Å². The molecule has 0 aromatic carbocycles. The van der Waals surface area contributed by atoms with Gasteiger partial charge in [0.1, 0.15) is 0 Å². The molecule has 0 bridgehead atoms. The highest BCUT2D eigenvalue weighted by atomic mass is 32.2. The molecule has 0 heterocycles. The van der Waals surface area contributed by atoms with E-state index in [1.165, 1.54) is 11.8 Å². The normalized spacial score (nSPS) is 15.0. The maximum Gasteiger partial charge on any atom is 0.178 e. The van der Waals surface area contributed by atoms with Gasteiger partial charge >= 0.3 is 0 Å². The molecule has 0 rings (SSSR count). The molecule has 4 N–H and O–H groups in total. The average Bonchev–Trinajstić information content (AvgIpc) is 1.87. The van der Waals surface area contributed by atoms with Crippen molar-refractivity contribution >= 4 is 16.9 Å². The highest BCUT2D eigenvalue weighted by Crippen LogP contribution is 2.09. The zero-order valence-corrected chi connectivity index (χ0v) is 6.19. The third-order valence-electron chi connectivity index (χ3n) is 0.766. The number of nitrogens with two attached hydrogens (primary N) is 2. The molecule has 0 saturated carbocycles. The van der Waals surface area contributed by atoms with Gasteiger partial charge in [0.25, 0.3) is 0 Å². The first-order valence-electron chi connectivity index (χ1n) is 2.53. The summed E-state index contributed by atoms with van der Waals surface area (Å²) in [5.41, 5.74) is 5.29. The lowest BCUT2D eigenvalue weighted by Gasteiger charge is -2.01. The molecule has 1 atom stereocenters. The van der Waals surface area contributed by atoms with E-state index >= 15 is 0 Å². The number of nitrogens with zero attached hydrogens (tertiary/aromatic N) is 1. The van der Waals surface area contributed by atoms with Crippen LogP contribution in [-0.4, -0.2) is 10.4 Å². The molecule has 0 aliphatic heterocycles. The first-order chi connectivity index (χ1) is 4.20. The Morgan fingerprint density at radius 2 is 2.44 bits per heavy atom. The van der Waals surface area contributed by atoms with Crippen molar-refractivity contribution in [3.05, 3.63) is 12.7 Å². The monoisotopic (exact) mass is 145 g/mol. The smallest absolute Gasteiger partial charge is 0.178 e. The predicted molar refractivity (Wildman–Crippen MR) is 43.1 cm³/mol. The van der Waals surface area contributed by atoms with E-state index in [1.54, 1.807) is 6.08 Å². The number of hydrogen-bond acceptors (Lipinski definition) is 3. The van der Waals surface area contributed by atoms with Gasteiger partial charge in [-0.05, 0) is 6.92 Å². The van der Waals surface area contributed by atoms with Crippen molar-refractivity contribution in [1.29, 1.82) is 0 Å². The van der Waals surface area contributed by atoms with E-state index in [0.717, 1.165) is 0 Å². The molecule has 0 radical (unpaired) electrons. The molecule has 1 unspecified atom stereocenters. The summed E-state index contributed by atoms with van der Waals surface area (Å²) in [5.74, 6) is 4.88. The van der Waals surface area contributed by atoms with Crippen molar-refractivity contribution in [2.45, 2.75) is 12.2 Å². The van der Waals surface area contributed by atoms with Crippen molar-refractivity contribution in [1.82, 2.24) is 0 Å². The van der Waals surface area contributed by atoms with Gasteiger partial charge in [-0.15, -0.1) is 6.58 Å². The van der Waals surface area contributed by atoms with E-state index in [4.69, 9.17) is 11.6 Å². The van der Waals surface area contributed by atoms with E-state index in [9.17, 15) is 0 Å². The van der Waals surface area contributed by atoms with Gasteiger partial charge in [0, 0.05) is 5.25 Å². The third-order valence-corrected chi connectivity index (χ3v) is 1.68. The van der Waals surface area contributed by atoms with Gasteiger partial charge in [0.2, 0.25) is 0 Å². The largest absolute Gasteiger partial charge is 0.377 e. The molecule has 0 fully saturated rings. The molecule has 0 aromatic heterocycles. The second kappa shape index (κ2) is 4.26. The first kappa shape index (κ1) is 8.36. The summed E-state index contributed by atoms with van der Waals surface area (Å²) in [4.78, 5) is 0. The Labute approximate surface area is 59.2 Å². The summed E-state index contributed by atoms with van der Waals surface area (Å²) in [6.07, 6.45) is 1.78. The van der Waals surface area contributed by atoms with Gasteiger partial charge in [0.05, 0.1) is 0 Å². The minimum atomic E-state index is 0.275. The topological polar surface area (TPSA) is 64.4 Å². The lowest BCUT2D eigenvalue weighted by atomic mass is 10.5. The summed E-state index contributed by atoms with van der Waals surface area (Å²) < 4.78 is 0. The van der Waals surface area contributed by atoms with Crippen LogP contribution in [0.2, 0.25) is 0 Å². The number of hydrazone groups is 1. The van der Waals surface area contributed by atoms with Crippen LogP contribution in [0.3, 0.4) is 0 Å². The average molecular weight is 145 g/mol. The number of thioether (sulfide) groups is 1. The highest BCUT2D eigenvalue weighted by molar-refractivity contribution is 8.14. The van der Waals surface area contributed by atoms with E-state index in [1.807, 2.05) is 6.92 Å². The third kappa shape index (κ3) is 3.90.